The van der Waals surface area contributed by atoms with Gasteiger partial charge in [0.15, 0.2) is 17.3 Å². The van der Waals surface area contributed by atoms with Gasteiger partial charge in [-0.3, -0.25) is 9.59 Å². The van der Waals surface area contributed by atoms with Crippen LogP contribution in [0.2, 0.25) is 10.0 Å². The Morgan fingerprint density at radius 3 is 2.33 bits per heavy atom. The van der Waals surface area contributed by atoms with Crippen molar-refractivity contribution in [2.45, 2.75) is 51.5 Å². The van der Waals surface area contributed by atoms with E-state index in [4.69, 9.17) is 42.1 Å². The molecule has 0 bridgehead atoms. The van der Waals surface area contributed by atoms with Gasteiger partial charge in [-0.05, 0) is 95.1 Å². The summed E-state index contributed by atoms with van der Waals surface area (Å²) in [5.41, 5.74) is 2.08. The van der Waals surface area contributed by atoms with Gasteiger partial charge in [-0.1, -0.05) is 47.5 Å². The third kappa shape index (κ3) is 8.85. The zero-order chi connectivity index (χ0) is 37.3. The van der Waals surface area contributed by atoms with E-state index in [0.29, 0.717) is 71.5 Å². The summed E-state index contributed by atoms with van der Waals surface area (Å²) in [5.74, 6) is 1.67. The van der Waals surface area contributed by atoms with Crippen LogP contribution in [0.3, 0.4) is 0 Å². The molecule has 2 aliphatic heterocycles. The minimum Gasteiger partial charge on any atom is -0.493 e. The van der Waals surface area contributed by atoms with Gasteiger partial charge < -0.3 is 33.3 Å². The summed E-state index contributed by atoms with van der Waals surface area (Å²) in [6, 6.07) is 9.20. The zero-order valence-corrected chi connectivity index (χ0v) is 32.3. The summed E-state index contributed by atoms with van der Waals surface area (Å²) in [5, 5.41) is 0.988. The van der Waals surface area contributed by atoms with E-state index in [2.05, 4.69) is 9.88 Å². The summed E-state index contributed by atoms with van der Waals surface area (Å²) in [4.78, 5) is 36.7. The van der Waals surface area contributed by atoms with E-state index in [1.54, 1.807) is 18.3 Å². The molecule has 2 aromatic carbocycles. The molecule has 0 aliphatic carbocycles. The van der Waals surface area contributed by atoms with Crippen LogP contribution in [0.4, 0.5) is 0 Å². The average molecular weight is 754 g/mol. The topological polar surface area (TPSA) is 95.4 Å². The molecule has 1 atom stereocenters. The first-order valence-electron chi connectivity index (χ1n) is 17.9. The second-order valence-electron chi connectivity index (χ2n) is 13.3. The lowest BCUT2D eigenvalue weighted by molar-refractivity contribution is 0.0777. The fourth-order valence-electron chi connectivity index (χ4n) is 7.34. The fraction of sp³-hybridized carbons (Fsp3) is 0.475. The predicted molar refractivity (Wildman–Crippen MR) is 205 cm³/mol. The Hall–Kier alpha value is -3.83. The second kappa shape index (κ2) is 18.3. The van der Waals surface area contributed by atoms with Gasteiger partial charge in [-0.25, -0.2) is 4.98 Å². The number of benzene rings is 2. The van der Waals surface area contributed by atoms with Crippen LogP contribution in [0.25, 0.3) is 6.08 Å². The molecular formula is C40H50Cl2N4O6. The van der Waals surface area contributed by atoms with Crippen molar-refractivity contribution < 1.29 is 28.5 Å². The van der Waals surface area contributed by atoms with Crippen LogP contribution in [-0.2, 0) is 16.7 Å². The van der Waals surface area contributed by atoms with Crippen molar-refractivity contribution in [3.05, 3.63) is 87.4 Å². The van der Waals surface area contributed by atoms with E-state index >= 15 is 0 Å². The fourth-order valence-corrected chi connectivity index (χ4v) is 7.63. The number of hydrogen-bond donors (Lipinski definition) is 0. The highest BCUT2D eigenvalue weighted by molar-refractivity contribution is 6.42. The minimum absolute atomic E-state index is 0.0887. The maximum atomic E-state index is 14.0. The highest BCUT2D eigenvalue weighted by Crippen LogP contribution is 2.43. The molecule has 2 aliphatic rings. The first kappa shape index (κ1) is 39.4. The molecule has 1 unspecified atom stereocenters. The summed E-state index contributed by atoms with van der Waals surface area (Å²) in [6.07, 6.45) is 12.7. The standard InChI is InChI=1S/C40H50Cl2N4O6/c1-6-8-9-10-31-26-43-38(46(31)21-22-52-7-2)36(47)28-13-17-44(18-14-28)19-15-40(30-11-12-32(41)33(42)25-30)16-20-45(27-40)39(48)29-23-34(49-3)37(51-5)35(24-29)50-4/h6,8-12,23-26,28H,7,13-22,27H2,1-5H3. The average Bonchev–Trinajstić information content (AvgIpc) is 3.79. The number of hydrogen-bond acceptors (Lipinski definition) is 8. The van der Waals surface area contributed by atoms with Gasteiger partial charge in [0.2, 0.25) is 11.5 Å². The molecule has 0 spiro atoms. The van der Waals surface area contributed by atoms with E-state index < -0.39 is 0 Å². The molecule has 2 fully saturated rings. The molecule has 3 aromatic rings. The molecule has 10 nitrogen and oxygen atoms in total. The van der Waals surface area contributed by atoms with Gasteiger partial charge in [0.25, 0.3) is 5.91 Å². The van der Waals surface area contributed by atoms with Crippen molar-refractivity contribution in [1.29, 1.82) is 0 Å². The Morgan fingerprint density at radius 2 is 1.69 bits per heavy atom. The van der Waals surface area contributed by atoms with Gasteiger partial charge in [0.05, 0.1) is 49.9 Å². The number of ketones is 1. The minimum atomic E-state index is -0.334. The largest absolute Gasteiger partial charge is 0.493 e. The normalized spacial score (nSPS) is 18.5. The Bertz CT molecular complexity index is 1740. The summed E-state index contributed by atoms with van der Waals surface area (Å²) < 4.78 is 24.1. The molecule has 5 rings (SSSR count). The number of allylic oxidation sites excluding steroid dienone is 3. The highest BCUT2D eigenvalue weighted by atomic mass is 35.5. The van der Waals surface area contributed by atoms with Crippen LogP contribution >= 0.6 is 23.2 Å². The van der Waals surface area contributed by atoms with E-state index in [1.165, 1.54) is 21.3 Å². The smallest absolute Gasteiger partial charge is 0.254 e. The van der Waals surface area contributed by atoms with Crippen LogP contribution in [0.15, 0.2) is 54.8 Å². The first-order valence-corrected chi connectivity index (χ1v) is 18.7. The molecule has 0 N–H and O–H groups in total. The summed E-state index contributed by atoms with van der Waals surface area (Å²) >= 11 is 12.9. The Morgan fingerprint density at radius 1 is 0.962 bits per heavy atom. The third-order valence-corrected chi connectivity index (χ3v) is 11.0. The number of nitrogens with zero attached hydrogens (tertiary/aromatic N) is 4. The van der Waals surface area contributed by atoms with Crippen molar-refractivity contribution in [3.63, 3.8) is 0 Å². The van der Waals surface area contributed by atoms with Crippen molar-refractivity contribution in [2.75, 3.05) is 67.3 Å². The molecule has 280 valence electrons. The number of Topliss-reactive ketones (excluding diaryl/α,β-unsaturated/α-hetero) is 1. The molecule has 0 radical (unpaired) electrons. The van der Waals surface area contributed by atoms with Crippen molar-refractivity contribution in [2.24, 2.45) is 5.92 Å². The number of ether oxygens (including phenoxy) is 4. The van der Waals surface area contributed by atoms with Gasteiger partial charge in [0.1, 0.15) is 0 Å². The number of imidazole rings is 1. The van der Waals surface area contributed by atoms with Crippen LogP contribution in [0.5, 0.6) is 17.2 Å². The monoisotopic (exact) mass is 752 g/mol. The summed E-state index contributed by atoms with van der Waals surface area (Å²) in [6.45, 7) is 9.15. The van der Waals surface area contributed by atoms with Gasteiger partial charge in [0, 0.05) is 43.1 Å². The number of aromatic nitrogens is 2. The van der Waals surface area contributed by atoms with Crippen LogP contribution in [0.1, 0.15) is 71.8 Å². The lowest BCUT2D eigenvalue weighted by atomic mass is 9.76. The Labute approximate surface area is 317 Å². The maximum Gasteiger partial charge on any atom is 0.254 e. The van der Waals surface area contributed by atoms with Gasteiger partial charge >= 0.3 is 0 Å². The number of rotatable bonds is 16. The molecular weight excluding hydrogens is 703 g/mol. The highest BCUT2D eigenvalue weighted by Gasteiger charge is 2.42. The number of piperidine rings is 1. The van der Waals surface area contributed by atoms with E-state index in [9.17, 15) is 9.59 Å². The number of methoxy groups -OCH3 is 3. The van der Waals surface area contributed by atoms with E-state index in [-0.39, 0.29) is 23.0 Å². The number of halogens is 2. The molecule has 1 aromatic heterocycles. The number of likely N-dealkylation sites (tertiary alicyclic amines) is 2. The van der Waals surface area contributed by atoms with Crippen LogP contribution < -0.4 is 14.2 Å². The lowest BCUT2D eigenvalue weighted by Crippen LogP contribution is -2.41. The lowest BCUT2D eigenvalue weighted by Gasteiger charge is -2.36. The molecule has 12 heteroatoms. The van der Waals surface area contributed by atoms with Crippen LogP contribution in [0, 0.1) is 5.92 Å². The van der Waals surface area contributed by atoms with Crippen LogP contribution in [-0.4, -0.2) is 98.3 Å². The van der Waals surface area contributed by atoms with Crippen molar-refractivity contribution in [1.82, 2.24) is 19.4 Å². The molecule has 0 saturated carbocycles. The van der Waals surface area contributed by atoms with E-state index in [0.717, 1.165) is 56.6 Å². The third-order valence-electron chi connectivity index (χ3n) is 10.3. The SMILES string of the molecule is CC=CC=Cc1cnc(C(=O)C2CCN(CCC3(c4ccc(Cl)c(Cl)c4)CCN(C(=O)c4cc(OC)c(OC)c(OC)c4)C3)CC2)n1CCOCC. The molecule has 3 heterocycles. The zero-order valence-electron chi connectivity index (χ0n) is 30.8. The number of carbonyl (C=O) groups is 2. The quantitative estimate of drug-likeness (QED) is 0.0839. The molecule has 2 saturated heterocycles. The van der Waals surface area contributed by atoms with E-state index in [1.807, 2.05) is 65.8 Å². The van der Waals surface area contributed by atoms with Gasteiger partial charge in [-0.2, -0.15) is 0 Å². The van der Waals surface area contributed by atoms with Gasteiger partial charge in [-0.15, -0.1) is 0 Å². The number of amides is 1. The maximum absolute atomic E-state index is 14.0. The Balaban J connectivity index is 1.29. The molecule has 52 heavy (non-hydrogen) atoms. The summed E-state index contributed by atoms with van der Waals surface area (Å²) in [7, 11) is 4.61. The predicted octanol–water partition coefficient (Wildman–Crippen LogP) is 7.61. The second-order valence-corrected chi connectivity index (χ2v) is 14.1. The first-order chi connectivity index (χ1) is 25.2. The van der Waals surface area contributed by atoms with Crippen molar-refractivity contribution >= 4 is 41.0 Å². The molecule has 1 amide bonds. The number of carbonyl (C=O) groups excluding carboxylic acids is 2. The Kier molecular flexibility index (Phi) is 13.8. The van der Waals surface area contributed by atoms with Crippen molar-refractivity contribution in [3.8, 4) is 17.2 Å².